The number of rotatable bonds is 5. The first-order valence-electron chi connectivity index (χ1n) is 9.09. The lowest BCUT2D eigenvalue weighted by Crippen LogP contribution is -2.18. The van der Waals surface area contributed by atoms with Crippen LogP contribution in [0.5, 0.6) is 17.2 Å². The van der Waals surface area contributed by atoms with Gasteiger partial charge >= 0.3 is 0 Å². The number of methoxy groups -OCH3 is 3. The maximum atomic E-state index is 9.84. The molecule has 0 spiro atoms. The number of ether oxygens (including phenoxy) is 3. The van der Waals surface area contributed by atoms with Crippen LogP contribution in [0.2, 0.25) is 0 Å². The van der Waals surface area contributed by atoms with Crippen molar-refractivity contribution in [2.45, 2.75) is 32.6 Å². The molecule has 1 unspecified atom stereocenters. The maximum absolute atomic E-state index is 9.84. The van der Waals surface area contributed by atoms with Gasteiger partial charge in [-0.05, 0) is 30.7 Å². The van der Waals surface area contributed by atoms with E-state index in [9.17, 15) is 5.26 Å². The summed E-state index contributed by atoms with van der Waals surface area (Å²) in [6.45, 7) is 2.19. The number of benzene rings is 1. The third-order valence-electron chi connectivity index (χ3n) is 5.35. The first kappa shape index (κ1) is 18.8. The largest absolute Gasteiger partial charge is 0.496 e. The van der Waals surface area contributed by atoms with Gasteiger partial charge in [0.2, 0.25) is 0 Å². The van der Waals surface area contributed by atoms with E-state index in [-0.39, 0.29) is 5.82 Å². The normalized spacial score (nSPS) is 15.6. The highest BCUT2D eigenvalue weighted by molar-refractivity contribution is 5.87. The summed E-state index contributed by atoms with van der Waals surface area (Å²) >= 11 is 0. The SMILES string of the molecule is CCC1CCc2nc(N)c(C#N)c(-c3c(OC)cc(OC)cc3OC)c2C1. The van der Waals surface area contributed by atoms with Crippen LogP contribution < -0.4 is 19.9 Å². The van der Waals surface area contributed by atoms with Gasteiger partial charge < -0.3 is 19.9 Å². The summed E-state index contributed by atoms with van der Waals surface area (Å²) in [7, 11) is 4.78. The van der Waals surface area contributed by atoms with E-state index in [1.165, 1.54) is 0 Å². The molecule has 0 saturated heterocycles. The number of nitrogens with two attached hydrogens (primary N) is 1. The van der Waals surface area contributed by atoms with Crippen molar-refractivity contribution in [3.8, 4) is 34.4 Å². The van der Waals surface area contributed by atoms with Crippen molar-refractivity contribution in [3.05, 3.63) is 29.0 Å². The second kappa shape index (κ2) is 7.75. The average Bonchev–Trinajstić information content (AvgIpc) is 2.71. The second-order valence-corrected chi connectivity index (χ2v) is 6.71. The van der Waals surface area contributed by atoms with Crippen LogP contribution in [-0.4, -0.2) is 26.3 Å². The van der Waals surface area contributed by atoms with Crippen molar-refractivity contribution in [2.24, 2.45) is 5.92 Å². The minimum Gasteiger partial charge on any atom is -0.496 e. The lowest BCUT2D eigenvalue weighted by Gasteiger charge is -2.27. The monoisotopic (exact) mass is 367 g/mol. The minimum atomic E-state index is 0.251. The van der Waals surface area contributed by atoms with E-state index in [4.69, 9.17) is 19.9 Å². The number of hydrogen-bond acceptors (Lipinski definition) is 6. The molecule has 142 valence electrons. The van der Waals surface area contributed by atoms with Crippen LogP contribution in [0, 0.1) is 17.2 Å². The smallest absolute Gasteiger partial charge is 0.142 e. The van der Waals surface area contributed by atoms with Crippen LogP contribution >= 0.6 is 0 Å². The Balaban J connectivity index is 2.38. The molecular weight excluding hydrogens is 342 g/mol. The second-order valence-electron chi connectivity index (χ2n) is 6.71. The summed E-state index contributed by atoms with van der Waals surface area (Å²) in [5.74, 6) is 2.58. The molecule has 6 heteroatoms. The number of fused-ring (bicyclic) bond motifs is 1. The lowest BCUT2D eigenvalue weighted by atomic mass is 9.80. The molecule has 0 fully saturated rings. The summed E-state index contributed by atoms with van der Waals surface area (Å²) in [4.78, 5) is 4.53. The topological polar surface area (TPSA) is 90.4 Å². The highest BCUT2D eigenvalue weighted by Crippen LogP contribution is 2.47. The summed E-state index contributed by atoms with van der Waals surface area (Å²) in [6.07, 6.45) is 3.89. The van der Waals surface area contributed by atoms with Crippen LogP contribution in [0.25, 0.3) is 11.1 Å². The molecule has 0 aliphatic heterocycles. The molecule has 1 aliphatic rings. The van der Waals surface area contributed by atoms with Crippen molar-refractivity contribution < 1.29 is 14.2 Å². The number of anilines is 1. The number of pyridine rings is 1. The summed E-state index contributed by atoms with van der Waals surface area (Å²) in [5.41, 5.74) is 10.1. The van der Waals surface area contributed by atoms with E-state index < -0.39 is 0 Å². The first-order chi connectivity index (χ1) is 13.1. The Bertz CT molecular complexity index is 878. The number of nitrogen functional groups attached to an aromatic ring is 1. The van der Waals surface area contributed by atoms with Crippen LogP contribution in [0.4, 0.5) is 5.82 Å². The van der Waals surface area contributed by atoms with Crippen molar-refractivity contribution in [1.29, 1.82) is 5.26 Å². The van der Waals surface area contributed by atoms with Crippen LogP contribution in [0.15, 0.2) is 12.1 Å². The Morgan fingerprint density at radius 3 is 2.33 bits per heavy atom. The maximum Gasteiger partial charge on any atom is 0.142 e. The Morgan fingerprint density at radius 1 is 1.15 bits per heavy atom. The fraction of sp³-hybridized carbons (Fsp3) is 0.429. The minimum absolute atomic E-state index is 0.251. The van der Waals surface area contributed by atoms with Crippen LogP contribution in [-0.2, 0) is 12.8 Å². The molecule has 0 bridgehead atoms. The van der Waals surface area contributed by atoms with E-state index in [0.717, 1.165) is 48.1 Å². The highest BCUT2D eigenvalue weighted by atomic mass is 16.5. The van der Waals surface area contributed by atoms with Crippen molar-refractivity contribution >= 4 is 5.82 Å². The fourth-order valence-corrected chi connectivity index (χ4v) is 3.84. The van der Waals surface area contributed by atoms with E-state index in [1.54, 1.807) is 33.5 Å². The number of nitriles is 1. The lowest BCUT2D eigenvalue weighted by molar-refractivity contribution is 0.377. The predicted octanol–water partition coefficient (Wildman–Crippen LogP) is 3.74. The third kappa shape index (κ3) is 3.25. The van der Waals surface area contributed by atoms with Gasteiger partial charge in [-0.1, -0.05) is 13.3 Å². The Kier molecular flexibility index (Phi) is 5.41. The fourth-order valence-electron chi connectivity index (χ4n) is 3.84. The third-order valence-corrected chi connectivity index (χ3v) is 5.35. The van der Waals surface area contributed by atoms with Gasteiger partial charge in [0.05, 0.1) is 26.9 Å². The molecule has 2 aromatic rings. The molecule has 1 aliphatic carbocycles. The van der Waals surface area contributed by atoms with Crippen molar-refractivity contribution in [3.63, 3.8) is 0 Å². The molecule has 3 rings (SSSR count). The highest BCUT2D eigenvalue weighted by Gasteiger charge is 2.29. The van der Waals surface area contributed by atoms with Crippen LogP contribution in [0.1, 0.15) is 36.6 Å². The van der Waals surface area contributed by atoms with E-state index in [2.05, 4.69) is 18.0 Å². The average molecular weight is 367 g/mol. The standard InChI is InChI=1S/C21H25N3O3/c1-5-12-6-7-16-14(8-12)19(15(11-22)21(23)24-16)20-17(26-3)9-13(25-2)10-18(20)27-4/h9-10,12H,5-8H2,1-4H3,(H2,23,24). The van der Waals surface area contributed by atoms with Gasteiger partial charge in [0.25, 0.3) is 0 Å². The number of nitrogens with zero attached hydrogens (tertiary/aromatic N) is 2. The molecule has 6 nitrogen and oxygen atoms in total. The molecule has 1 aromatic carbocycles. The molecule has 2 N–H and O–H groups in total. The molecule has 0 amide bonds. The zero-order valence-electron chi connectivity index (χ0n) is 16.3. The van der Waals surface area contributed by atoms with Gasteiger partial charge in [0.15, 0.2) is 0 Å². The molecule has 1 atom stereocenters. The summed E-state index contributed by atoms with van der Waals surface area (Å²) < 4.78 is 16.6. The zero-order chi connectivity index (χ0) is 19.6. The molecule has 0 radical (unpaired) electrons. The quantitative estimate of drug-likeness (QED) is 0.866. The number of aromatic nitrogens is 1. The van der Waals surface area contributed by atoms with Crippen molar-refractivity contribution in [2.75, 3.05) is 27.1 Å². The van der Waals surface area contributed by atoms with Gasteiger partial charge in [-0.25, -0.2) is 4.98 Å². The molecule has 1 heterocycles. The Morgan fingerprint density at radius 2 is 1.81 bits per heavy atom. The predicted molar refractivity (Wildman–Crippen MR) is 104 cm³/mol. The zero-order valence-corrected chi connectivity index (χ0v) is 16.3. The van der Waals surface area contributed by atoms with E-state index in [1.807, 2.05) is 0 Å². The molecular formula is C21H25N3O3. The summed E-state index contributed by atoms with van der Waals surface area (Å²) in [6, 6.07) is 5.83. The molecule has 0 saturated carbocycles. The van der Waals surface area contributed by atoms with E-state index >= 15 is 0 Å². The van der Waals surface area contributed by atoms with Gasteiger partial charge in [0.1, 0.15) is 34.7 Å². The van der Waals surface area contributed by atoms with Crippen molar-refractivity contribution in [1.82, 2.24) is 4.98 Å². The van der Waals surface area contributed by atoms with Gasteiger partial charge in [-0.15, -0.1) is 0 Å². The van der Waals surface area contributed by atoms with Gasteiger partial charge in [0, 0.05) is 23.4 Å². The van der Waals surface area contributed by atoms with Gasteiger partial charge in [-0.2, -0.15) is 5.26 Å². The first-order valence-corrected chi connectivity index (χ1v) is 9.09. The molecule has 1 aromatic heterocycles. The van der Waals surface area contributed by atoms with E-state index in [0.29, 0.717) is 28.7 Å². The Labute approximate surface area is 159 Å². The summed E-state index contributed by atoms with van der Waals surface area (Å²) in [5, 5.41) is 9.84. The molecule has 27 heavy (non-hydrogen) atoms. The Hall–Kier alpha value is -2.94. The number of aryl methyl sites for hydroxylation is 1. The van der Waals surface area contributed by atoms with Crippen LogP contribution in [0.3, 0.4) is 0 Å². The number of hydrogen-bond donors (Lipinski definition) is 1. The van der Waals surface area contributed by atoms with Gasteiger partial charge in [-0.3, -0.25) is 0 Å².